The Morgan fingerprint density at radius 1 is 0.429 bits per heavy atom. The summed E-state index contributed by atoms with van der Waals surface area (Å²) in [4.78, 5) is 11.6. The molecule has 0 radical (unpaired) electrons. The van der Waals surface area contributed by atoms with Crippen molar-refractivity contribution in [2.45, 2.75) is 129 Å². The highest BCUT2D eigenvalue weighted by Gasteiger charge is 2.58. The van der Waals surface area contributed by atoms with Gasteiger partial charge in [-0.3, -0.25) is 0 Å². The number of aromatic amines is 1. The minimum Gasteiger partial charge on any atom is -0.361 e. The van der Waals surface area contributed by atoms with Crippen LogP contribution in [0.2, 0.25) is 0 Å². The van der Waals surface area contributed by atoms with Crippen LogP contribution in [0.1, 0.15) is 124 Å². The van der Waals surface area contributed by atoms with Crippen LogP contribution in [0.25, 0.3) is 33.5 Å². The second-order valence-electron chi connectivity index (χ2n) is 26.3. The zero-order valence-electron chi connectivity index (χ0n) is 47.1. The Labute approximate surface area is 458 Å². The molecule has 2 unspecified atom stereocenters. The van der Waals surface area contributed by atoms with Crippen LogP contribution < -0.4 is 31.1 Å². The molecule has 9 aromatic rings. The van der Waals surface area contributed by atoms with Gasteiger partial charge < -0.3 is 19.7 Å². The molecule has 4 aliphatic rings. The fraction of sp³-hybridized carbons (Fsp3) is 0.278. The first kappa shape index (κ1) is 49.1. The van der Waals surface area contributed by atoms with Gasteiger partial charge in [0.05, 0.1) is 11.2 Å². The molecule has 4 nitrogen and oxygen atoms in total. The zero-order chi connectivity index (χ0) is 53.4. The molecular formula is C72H73BN4. The third kappa shape index (κ3) is 7.77. The number of anilines is 8. The van der Waals surface area contributed by atoms with Crippen LogP contribution in [0, 0.1) is 0 Å². The van der Waals surface area contributed by atoms with Crippen molar-refractivity contribution >= 4 is 68.6 Å². The largest absolute Gasteiger partial charge is 0.361 e. The van der Waals surface area contributed by atoms with E-state index in [2.05, 4.69) is 278 Å². The summed E-state index contributed by atoms with van der Waals surface area (Å²) < 4.78 is 0. The van der Waals surface area contributed by atoms with Crippen molar-refractivity contribution in [3.05, 3.63) is 210 Å². The number of hydrogen-bond donors (Lipinski definition) is 1. The van der Waals surface area contributed by atoms with E-state index in [4.69, 9.17) is 0 Å². The minimum atomic E-state index is -0.167. The molecular weight excluding hydrogens is 932 g/mol. The second-order valence-corrected chi connectivity index (χ2v) is 26.3. The summed E-state index contributed by atoms with van der Waals surface area (Å²) in [6, 6.07) is 70.4. The van der Waals surface area contributed by atoms with Crippen molar-refractivity contribution in [3.63, 3.8) is 0 Å². The number of H-pyrrole nitrogens is 1. The van der Waals surface area contributed by atoms with Crippen LogP contribution in [0.5, 0.6) is 0 Å². The van der Waals surface area contributed by atoms with Gasteiger partial charge in [0.25, 0.3) is 6.71 Å². The van der Waals surface area contributed by atoms with E-state index in [-0.39, 0.29) is 33.9 Å². The monoisotopic (exact) mass is 1000 g/mol. The van der Waals surface area contributed by atoms with Gasteiger partial charge in [0.1, 0.15) is 0 Å². The van der Waals surface area contributed by atoms with Crippen molar-refractivity contribution in [1.82, 2.24) is 4.98 Å². The Kier molecular flexibility index (Phi) is 11.2. The zero-order valence-corrected chi connectivity index (χ0v) is 47.1. The predicted molar refractivity (Wildman–Crippen MR) is 330 cm³/mol. The number of hydrogen-bond acceptors (Lipinski definition) is 3. The Balaban J connectivity index is 1.11. The highest BCUT2D eigenvalue weighted by Crippen LogP contribution is 2.62. The first-order valence-corrected chi connectivity index (χ1v) is 28.3. The Morgan fingerprint density at radius 2 is 1.01 bits per heavy atom. The van der Waals surface area contributed by atoms with Gasteiger partial charge >= 0.3 is 0 Å². The predicted octanol–water partition coefficient (Wildman–Crippen LogP) is 17.7. The summed E-state index contributed by atoms with van der Waals surface area (Å²) in [5.74, 6) is 0. The van der Waals surface area contributed by atoms with E-state index in [1.807, 2.05) is 6.20 Å². The molecule has 2 atom stereocenters. The number of fused-ring (bicyclic) bond motifs is 7. The summed E-state index contributed by atoms with van der Waals surface area (Å²) in [6.07, 6.45) is 6.79. The first-order valence-electron chi connectivity index (χ1n) is 28.3. The number of rotatable bonds is 6. The summed E-state index contributed by atoms with van der Waals surface area (Å²) in [7, 11) is 0. The molecule has 4 heterocycles. The molecule has 13 rings (SSSR count). The van der Waals surface area contributed by atoms with E-state index in [0.717, 1.165) is 12.8 Å². The van der Waals surface area contributed by atoms with Gasteiger partial charge in [0, 0.05) is 62.7 Å². The van der Waals surface area contributed by atoms with Gasteiger partial charge in [-0.1, -0.05) is 185 Å². The van der Waals surface area contributed by atoms with Crippen molar-refractivity contribution in [3.8, 4) is 33.5 Å². The maximum atomic E-state index is 3.51. The second kappa shape index (κ2) is 17.5. The molecule has 77 heavy (non-hydrogen) atoms. The van der Waals surface area contributed by atoms with Crippen molar-refractivity contribution in [1.29, 1.82) is 0 Å². The highest BCUT2D eigenvalue weighted by atomic mass is 15.3. The quantitative estimate of drug-likeness (QED) is 0.168. The van der Waals surface area contributed by atoms with E-state index in [1.165, 1.54) is 130 Å². The van der Waals surface area contributed by atoms with Crippen LogP contribution in [-0.4, -0.2) is 17.2 Å². The highest BCUT2D eigenvalue weighted by molar-refractivity contribution is 7.00. The fourth-order valence-electron chi connectivity index (χ4n) is 13.9. The molecule has 5 heteroatoms. The molecule has 0 amide bonds. The lowest BCUT2D eigenvalue weighted by Crippen LogP contribution is -2.61. The fourth-order valence-corrected chi connectivity index (χ4v) is 13.9. The summed E-state index contributed by atoms with van der Waals surface area (Å²) in [6.45, 7) is 26.2. The van der Waals surface area contributed by atoms with E-state index >= 15 is 0 Å². The summed E-state index contributed by atoms with van der Waals surface area (Å²) in [5, 5.41) is 0. The van der Waals surface area contributed by atoms with E-state index in [1.54, 1.807) is 0 Å². The van der Waals surface area contributed by atoms with Crippen LogP contribution in [0.15, 0.2) is 188 Å². The molecule has 1 aromatic heterocycles. The maximum absolute atomic E-state index is 3.51. The molecule has 8 aromatic carbocycles. The minimum absolute atomic E-state index is 0.00963. The normalized spacial score (nSPS) is 18.6. The van der Waals surface area contributed by atoms with E-state index < -0.39 is 0 Å². The van der Waals surface area contributed by atoms with Gasteiger partial charge in [-0.15, -0.1) is 0 Å². The molecule has 0 saturated heterocycles. The number of benzene rings is 8. The SMILES string of the molecule is CC(C)(C)c1ccc(N2c3cc(N4c5ccc(-c6ccc[nH]6)cc5C5(C)CCCCC45C)ccc3B3c4ccc(-c5ccccc5)cc4N(c4ccc(C(C)(C)C)cc4-c4ccccc4)c4cc(C(C)(C)C)cc2c43)cc1. The average Bonchev–Trinajstić information content (AvgIpc) is 4.09. The van der Waals surface area contributed by atoms with Crippen molar-refractivity contribution in [2.75, 3.05) is 14.7 Å². The van der Waals surface area contributed by atoms with Gasteiger partial charge in [-0.25, -0.2) is 0 Å². The lowest BCUT2D eigenvalue weighted by atomic mass is 9.33. The average molecular weight is 1010 g/mol. The standard InChI is InChI=1S/C72H73BN4/c1-68(2,3)51-28-31-54(32-29-51)75-64-46-55(77-62-36-27-50(60-25-20-40-74-60)41-57(62)71(10)38-18-19-39-72(71,77)11)33-35-59(64)73-58-34-26-49(47-21-14-12-15-22-47)42-63(58)76(66-45-53(70(7,8)9)44-65(75)67(66)73)61-37-30-52(69(4,5)6)43-56(61)48-23-16-13-17-24-48/h12-17,20-37,40-46,74H,18-19,38-39H2,1-11H3. The van der Waals surface area contributed by atoms with Gasteiger partial charge in [-0.2, -0.15) is 0 Å². The van der Waals surface area contributed by atoms with Crippen LogP contribution >= 0.6 is 0 Å². The molecule has 1 N–H and O–H groups in total. The molecule has 0 bridgehead atoms. The third-order valence-electron chi connectivity index (χ3n) is 18.5. The molecule has 384 valence electrons. The van der Waals surface area contributed by atoms with Crippen LogP contribution in [0.4, 0.5) is 45.5 Å². The Hall–Kier alpha value is -7.50. The Morgan fingerprint density at radius 3 is 1.68 bits per heavy atom. The third-order valence-corrected chi connectivity index (χ3v) is 18.5. The van der Waals surface area contributed by atoms with Gasteiger partial charge in [-0.05, 0) is 176 Å². The summed E-state index contributed by atoms with van der Waals surface area (Å²) in [5.41, 5.74) is 26.2. The molecule has 3 aliphatic heterocycles. The number of nitrogens with one attached hydrogen (secondary N) is 1. The molecule has 1 saturated carbocycles. The maximum Gasteiger partial charge on any atom is 0.252 e. The van der Waals surface area contributed by atoms with Crippen LogP contribution in [-0.2, 0) is 21.7 Å². The molecule has 0 spiro atoms. The Bertz CT molecular complexity index is 3740. The molecule has 1 fully saturated rings. The van der Waals surface area contributed by atoms with E-state index in [9.17, 15) is 0 Å². The number of nitrogens with zero attached hydrogens (tertiary/aromatic N) is 3. The van der Waals surface area contributed by atoms with Gasteiger partial charge in [0.2, 0.25) is 0 Å². The lowest BCUT2D eigenvalue weighted by molar-refractivity contribution is 0.195. The smallest absolute Gasteiger partial charge is 0.252 e. The van der Waals surface area contributed by atoms with Crippen LogP contribution in [0.3, 0.4) is 0 Å². The topological polar surface area (TPSA) is 25.5 Å². The molecule has 1 aliphatic carbocycles. The number of aromatic nitrogens is 1. The first-order chi connectivity index (χ1) is 36.8. The van der Waals surface area contributed by atoms with Gasteiger partial charge in [0.15, 0.2) is 0 Å². The van der Waals surface area contributed by atoms with E-state index in [0.29, 0.717) is 0 Å². The lowest BCUT2D eigenvalue weighted by Gasteiger charge is -2.50. The van der Waals surface area contributed by atoms with Crippen molar-refractivity contribution in [2.24, 2.45) is 0 Å². The summed E-state index contributed by atoms with van der Waals surface area (Å²) >= 11 is 0. The van der Waals surface area contributed by atoms with Crippen molar-refractivity contribution < 1.29 is 0 Å².